The van der Waals surface area contributed by atoms with Crippen LogP contribution in [-0.4, -0.2) is 5.78 Å². The second-order valence-electron chi connectivity index (χ2n) is 5.16. The lowest BCUT2D eigenvalue weighted by Crippen LogP contribution is -2.41. The van der Waals surface area contributed by atoms with Crippen molar-refractivity contribution in [3.05, 3.63) is 70.8 Å². The van der Waals surface area contributed by atoms with E-state index in [1.165, 1.54) is 22.3 Å². The highest BCUT2D eigenvalue weighted by atomic mass is 16.1. The van der Waals surface area contributed by atoms with Gasteiger partial charge in [-0.05, 0) is 47.3 Å². The van der Waals surface area contributed by atoms with Crippen molar-refractivity contribution in [3.63, 3.8) is 0 Å². The smallest absolute Gasteiger partial charge is 0.178 e. The normalized spacial score (nSPS) is 24.9. The average molecular weight is 250 g/mol. The minimum atomic E-state index is -0.0359. The quantitative estimate of drug-likeness (QED) is 0.788. The van der Waals surface area contributed by atoms with Gasteiger partial charge in [-0.15, -0.1) is 0 Å². The Morgan fingerprint density at radius 3 is 2.42 bits per heavy atom. The number of hydrogen-bond acceptors (Lipinski definition) is 1. The molecule has 1 aromatic rings. The summed E-state index contributed by atoms with van der Waals surface area (Å²) in [6, 6.07) is 10.6. The molecule has 1 atom stereocenters. The number of carbonyl (C=O) groups is 1. The van der Waals surface area contributed by atoms with Crippen LogP contribution in [0.5, 0.6) is 0 Å². The summed E-state index contributed by atoms with van der Waals surface area (Å²) in [5, 5.41) is 0. The van der Waals surface area contributed by atoms with Crippen molar-refractivity contribution >= 4 is 5.78 Å². The van der Waals surface area contributed by atoms with Crippen molar-refractivity contribution in [2.45, 2.75) is 32.1 Å². The molecule has 1 heteroatoms. The van der Waals surface area contributed by atoms with Crippen LogP contribution in [0.15, 0.2) is 65.3 Å². The minimum Gasteiger partial charge on any atom is -0.290 e. The van der Waals surface area contributed by atoms with Crippen molar-refractivity contribution in [1.82, 2.24) is 0 Å². The molecule has 1 unspecified atom stereocenters. The van der Waals surface area contributed by atoms with Gasteiger partial charge >= 0.3 is 0 Å². The standard InChI is InChI=1S/C18H18O/c1-3-16-15-11-10-14(19)12-17(15)18(16,4-2)13-8-6-5-7-9-13/h5-12H,3-4H2,1-2H3. The molecular formula is C18H18O. The van der Waals surface area contributed by atoms with Crippen molar-refractivity contribution in [2.75, 3.05) is 0 Å². The van der Waals surface area contributed by atoms with E-state index in [0.29, 0.717) is 0 Å². The van der Waals surface area contributed by atoms with E-state index in [0.717, 1.165) is 12.8 Å². The minimum absolute atomic E-state index is 0.0359. The number of rotatable bonds is 3. The lowest BCUT2D eigenvalue weighted by molar-refractivity contribution is -0.110. The summed E-state index contributed by atoms with van der Waals surface area (Å²) >= 11 is 0. The molecule has 0 bridgehead atoms. The summed E-state index contributed by atoms with van der Waals surface area (Å²) in [7, 11) is 0. The van der Waals surface area contributed by atoms with Gasteiger partial charge < -0.3 is 0 Å². The molecule has 0 saturated heterocycles. The first kappa shape index (κ1) is 12.2. The summed E-state index contributed by atoms with van der Waals surface area (Å²) in [5.41, 5.74) is 5.24. The summed E-state index contributed by atoms with van der Waals surface area (Å²) in [6.07, 6.45) is 7.54. The van der Waals surface area contributed by atoms with Crippen LogP contribution in [0.2, 0.25) is 0 Å². The Hall–Kier alpha value is -1.89. The fourth-order valence-electron chi connectivity index (χ4n) is 3.62. The topological polar surface area (TPSA) is 17.1 Å². The maximum Gasteiger partial charge on any atom is 0.178 e. The zero-order valence-corrected chi connectivity index (χ0v) is 11.4. The Bertz CT molecular complexity index is 616. The van der Waals surface area contributed by atoms with Gasteiger partial charge in [-0.3, -0.25) is 4.79 Å². The van der Waals surface area contributed by atoms with Gasteiger partial charge in [-0.2, -0.15) is 0 Å². The molecular weight excluding hydrogens is 232 g/mol. The molecule has 19 heavy (non-hydrogen) atoms. The van der Waals surface area contributed by atoms with Gasteiger partial charge in [0.05, 0.1) is 0 Å². The van der Waals surface area contributed by atoms with E-state index >= 15 is 0 Å². The fraction of sp³-hybridized carbons (Fsp3) is 0.278. The van der Waals surface area contributed by atoms with Crippen LogP contribution in [0.1, 0.15) is 32.3 Å². The van der Waals surface area contributed by atoms with Crippen LogP contribution in [0.4, 0.5) is 0 Å². The molecule has 0 heterocycles. The third kappa shape index (κ3) is 1.51. The van der Waals surface area contributed by atoms with E-state index in [1.54, 1.807) is 6.08 Å². The molecule has 0 saturated carbocycles. The van der Waals surface area contributed by atoms with E-state index in [1.807, 2.05) is 18.2 Å². The first-order valence-corrected chi connectivity index (χ1v) is 6.97. The molecule has 0 fully saturated rings. The Labute approximate surface area is 114 Å². The number of ketones is 1. The first-order valence-electron chi connectivity index (χ1n) is 6.97. The first-order chi connectivity index (χ1) is 9.24. The number of allylic oxidation sites excluding steroid dienone is 6. The number of hydrogen-bond donors (Lipinski definition) is 0. The molecule has 0 radical (unpaired) electrons. The van der Waals surface area contributed by atoms with Crippen LogP contribution in [0.3, 0.4) is 0 Å². The third-order valence-corrected chi connectivity index (χ3v) is 4.44. The monoisotopic (exact) mass is 250 g/mol. The highest BCUT2D eigenvalue weighted by Gasteiger charge is 2.48. The van der Waals surface area contributed by atoms with Crippen molar-refractivity contribution in [1.29, 1.82) is 0 Å². The number of carbonyl (C=O) groups excluding carboxylic acids is 1. The van der Waals surface area contributed by atoms with E-state index in [2.05, 4.69) is 38.1 Å². The maximum atomic E-state index is 11.7. The molecule has 3 rings (SSSR count). The highest BCUT2D eigenvalue weighted by molar-refractivity contribution is 6.04. The van der Waals surface area contributed by atoms with Crippen LogP contribution in [-0.2, 0) is 10.2 Å². The van der Waals surface area contributed by atoms with E-state index in [4.69, 9.17) is 0 Å². The van der Waals surface area contributed by atoms with E-state index < -0.39 is 0 Å². The Morgan fingerprint density at radius 1 is 1.05 bits per heavy atom. The summed E-state index contributed by atoms with van der Waals surface area (Å²) in [6.45, 7) is 4.42. The van der Waals surface area contributed by atoms with E-state index in [9.17, 15) is 4.79 Å². The second-order valence-corrected chi connectivity index (χ2v) is 5.16. The fourth-order valence-corrected chi connectivity index (χ4v) is 3.62. The molecule has 0 aromatic heterocycles. The predicted octanol–water partition coefficient (Wildman–Crippen LogP) is 4.12. The Balaban J connectivity index is 2.23. The largest absolute Gasteiger partial charge is 0.290 e. The summed E-state index contributed by atoms with van der Waals surface area (Å²) in [4.78, 5) is 11.7. The van der Waals surface area contributed by atoms with Crippen LogP contribution < -0.4 is 0 Å². The lowest BCUT2D eigenvalue weighted by atomic mass is 9.53. The summed E-state index contributed by atoms with van der Waals surface area (Å²) < 4.78 is 0. The molecule has 0 N–H and O–H groups in total. The van der Waals surface area contributed by atoms with Gasteiger partial charge in [0.1, 0.15) is 0 Å². The average Bonchev–Trinajstić information content (AvgIpc) is 2.44. The van der Waals surface area contributed by atoms with Crippen LogP contribution >= 0.6 is 0 Å². The third-order valence-electron chi connectivity index (χ3n) is 4.44. The van der Waals surface area contributed by atoms with Gasteiger partial charge in [0.2, 0.25) is 0 Å². The van der Waals surface area contributed by atoms with Gasteiger partial charge in [-0.1, -0.05) is 50.3 Å². The molecule has 96 valence electrons. The Kier molecular flexibility index (Phi) is 2.78. The summed E-state index contributed by atoms with van der Waals surface area (Å²) in [5.74, 6) is 0.114. The second kappa shape index (κ2) is 4.34. The van der Waals surface area contributed by atoms with Crippen LogP contribution in [0.25, 0.3) is 0 Å². The number of fused-ring (bicyclic) bond motifs is 1. The predicted molar refractivity (Wildman–Crippen MR) is 78.0 cm³/mol. The molecule has 0 spiro atoms. The van der Waals surface area contributed by atoms with Gasteiger partial charge in [0, 0.05) is 5.41 Å². The van der Waals surface area contributed by atoms with E-state index in [-0.39, 0.29) is 11.2 Å². The lowest BCUT2D eigenvalue weighted by Gasteiger charge is -2.49. The van der Waals surface area contributed by atoms with Crippen molar-refractivity contribution < 1.29 is 4.79 Å². The highest BCUT2D eigenvalue weighted by Crippen LogP contribution is 2.57. The molecule has 0 amide bonds. The van der Waals surface area contributed by atoms with Crippen LogP contribution in [0, 0.1) is 0 Å². The molecule has 1 nitrogen and oxygen atoms in total. The zero-order chi connectivity index (χ0) is 13.5. The van der Waals surface area contributed by atoms with Crippen molar-refractivity contribution in [3.8, 4) is 0 Å². The zero-order valence-electron chi connectivity index (χ0n) is 11.4. The maximum absolute atomic E-state index is 11.7. The van der Waals surface area contributed by atoms with Crippen molar-refractivity contribution in [2.24, 2.45) is 0 Å². The Morgan fingerprint density at radius 2 is 1.79 bits per heavy atom. The molecule has 0 aliphatic heterocycles. The van der Waals surface area contributed by atoms with Gasteiger partial charge in [0.25, 0.3) is 0 Å². The number of benzene rings is 1. The molecule has 2 aliphatic rings. The van der Waals surface area contributed by atoms with Gasteiger partial charge in [-0.25, -0.2) is 0 Å². The SMILES string of the molecule is CCC1=C2C=CC(=O)C=C2C1(CC)c1ccccc1. The molecule has 2 aliphatic carbocycles. The molecule has 1 aromatic carbocycles. The van der Waals surface area contributed by atoms with Gasteiger partial charge in [0.15, 0.2) is 5.78 Å².